The molecule has 0 N–H and O–H groups in total. The van der Waals surface area contributed by atoms with Crippen LogP contribution in [0.2, 0.25) is 0 Å². The number of hydrogen-bond donors (Lipinski definition) is 0. The van der Waals surface area contributed by atoms with Gasteiger partial charge in [-0.25, -0.2) is 9.07 Å². The molecule has 0 aliphatic carbocycles. The Morgan fingerprint density at radius 2 is 1.85 bits per heavy atom. The first-order valence-corrected chi connectivity index (χ1v) is 3.23. The van der Waals surface area contributed by atoms with Gasteiger partial charge in [0.15, 0.2) is 6.67 Å². The predicted molar refractivity (Wildman–Crippen MR) is 33.3 cm³/mol. The molecule has 0 fully saturated rings. The van der Waals surface area contributed by atoms with Gasteiger partial charge in [0.2, 0.25) is 0 Å². The van der Waals surface area contributed by atoms with E-state index >= 15 is 0 Å². The van der Waals surface area contributed by atoms with Crippen molar-refractivity contribution in [3.63, 3.8) is 0 Å². The second kappa shape index (κ2) is 2.97. The van der Waals surface area contributed by atoms with E-state index in [1.807, 2.05) is 0 Å². The van der Waals surface area contributed by atoms with E-state index in [9.17, 15) is 22.0 Å². The van der Waals surface area contributed by atoms with Gasteiger partial charge in [0.1, 0.15) is 0 Å². The van der Waals surface area contributed by atoms with Crippen molar-refractivity contribution in [1.82, 2.24) is 9.78 Å². The summed E-state index contributed by atoms with van der Waals surface area (Å²) in [6, 6.07) is -3.59. The Morgan fingerprint density at radius 3 is 2.23 bits per heavy atom. The van der Waals surface area contributed by atoms with Gasteiger partial charge >= 0.3 is 12.0 Å². The van der Waals surface area contributed by atoms with Crippen molar-refractivity contribution < 1.29 is 22.0 Å². The van der Waals surface area contributed by atoms with Crippen molar-refractivity contribution in [1.29, 1.82) is 0 Å². The van der Waals surface area contributed by atoms with Crippen LogP contribution in [0.15, 0.2) is 18.5 Å². The highest BCUT2D eigenvalue weighted by Crippen LogP contribution is 2.38. The van der Waals surface area contributed by atoms with Gasteiger partial charge in [-0.05, 0) is 6.07 Å². The van der Waals surface area contributed by atoms with Crippen LogP contribution in [0.3, 0.4) is 0 Å². The minimum Gasteiger partial charge on any atom is -0.244 e. The maximum Gasteiger partial charge on any atom is 0.409 e. The fraction of sp³-hybridized carbons (Fsp3) is 0.500. The maximum atomic E-state index is 12.7. The minimum absolute atomic E-state index is 0.271. The molecule has 7 heteroatoms. The fourth-order valence-electron chi connectivity index (χ4n) is 0.683. The Kier molecular flexibility index (Phi) is 2.27. The molecule has 0 aromatic carbocycles. The van der Waals surface area contributed by atoms with Crippen LogP contribution in [-0.4, -0.2) is 22.4 Å². The molecular weight excluding hydrogens is 195 g/mol. The van der Waals surface area contributed by atoms with E-state index < -0.39 is 18.6 Å². The summed E-state index contributed by atoms with van der Waals surface area (Å²) in [5.41, 5.74) is 0. The molecule has 0 bridgehead atoms. The van der Waals surface area contributed by atoms with Crippen molar-refractivity contribution in [3.8, 4) is 0 Å². The average Bonchev–Trinajstić information content (AvgIpc) is 2.56. The Labute approximate surface area is 70.0 Å². The normalized spacial score (nSPS) is 13.3. The van der Waals surface area contributed by atoms with Crippen LogP contribution in [0.25, 0.3) is 0 Å². The first kappa shape index (κ1) is 9.94. The number of hydrogen-bond acceptors (Lipinski definition) is 1. The van der Waals surface area contributed by atoms with Gasteiger partial charge in [-0.2, -0.15) is 22.7 Å². The summed E-state index contributed by atoms with van der Waals surface area (Å²) >= 11 is 0. The topological polar surface area (TPSA) is 17.8 Å². The molecule has 0 spiro atoms. The molecule has 0 aliphatic rings. The first-order chi connectivity index (χ1) is 5.92. The number of nitrogens with zero attached hydrogens (tertiary/aromatic N) is 2. The maximum absolute atomic E-state index is 12.7. The summed E-state index contributed by atoms with van der Waals surface area (Å²) in [4.78, 5) is 0. The Hall–Kier alpha value is -1.14. The Bertz CT molecular complexity index is 269. The summed E-state index contributed by atoms with van der Waals surface area (Å²) < 4.78 is 61.3. The number of alkyl halides is 5. The molecular formula is C6H5F5N2. The fourth-order valence-corrected chi connectivity index (χ4v) is 0.683. The third-order valence-electron chi connectivity index (χ3n) is 1.40. The summed E-state index contributed by atoms with van der Waals surface area (Å²) in [5.74, 6) is -4.74. The highest BCUT2D eigenvalue weighted by Gasteiger charge is 2.58. The van der Waals surface area contributed by atoms with Crippen LogP contribution in [0.1, 0.15) is 0 Å². The van der Waals surface area contributed by atoms with Gasteiger partial charge < -0.3 is 0 Å². The molecule has 0 saturated carbocycles. The first-order valence-electron chi connectivity index (χ1n) is 3.23. The highest BCUT2D eigenvalue weighted by molar-refractivity contribution is 4.87. The second-order valence-electron chi connectivity index (χ2n) is 2.33. The number of rotatable bonds is 3. The molecule has 0 amide bonds. The monoisotopic (exact) mass is 200 g/mol. The molecule has 1 rings (SSSR count). The summed E-state index contributed by atoms with van der Waals surface area (Å²) in [6.45, 7) is -2.43. The highest BCUT2D eigenvalue weighted by atomic mass is 19.3. The zero-order chi connectivity index (χ0) is 10.1. The molecule has 0 aliphatic heterocycles. The molecule has 1 aromatic rings. The Morgan fingerprint density at radius 1 is 1.23 bits per heavy atom. The van der Waals surface area contributed by atoms with Crippen LogP contribution in [0.5, 0.6) is 0 Å². The van der Waals surface area contributed by atoms with Crippen LogP contribution >= 0.6 is 0 Å². The van der Waals surface area contributed by atoms with Gasteiger partial charge in [0.05, 0.1) is 0 Å². The van der Waals surface area contributed by atoms with E-state index in [2.05, 4.69) is 5.10 Å². The molecule has 2 nitrogen and oxygen atoms in total. The van der Waals surface area contributed by atoms with Crippen molar-refractivity contribution in [3.05, 3.63) is 18.5 Å². The van der Waals surface area contributed by atoms with E-state index in [0.717, 1.165) is 12.3 Å². The lowest BCUT2D eigenvalue weighted by atomic mass is 10.3. The van der Waals surface area contributed by atoms with Crippen molar-refractivity contribution in [2.24, 2.45) is 0 Å². The number of halogens is 5. The predicted octanol–water partition coefficient (Wildman–Crippen LogP) is 2.04. The Balaban J connectivity index is 3.02. The van der Waals surface area contributed by atoms with Crippen LogP contribution < -0.4 is 0 Å². The van der Waals surface area contributed by atoms with Crippen molar-refractivity contribution >= 4 is 0 Å². The SMILES string of the molecule is FCC(F)(F)C(F)(F)n1cccn1. The lowest BCUT2D eigenvalue weighted by molar-refractivity contribution is -0.270. The largest absolute Gasteiger partial charge is 0.409 e. The van der Waals surface area contributed by atoms with Crippen molar-refractivity contribution in [2.75, 3.05) is 6.67 Å². The number of aromatic nitrogens is 2. The van der Waals surface area contributed by atoms with Crippen LogP contribution in [0.4, 0.5) is 22.0 Å². The zero-order valence-corrected chi connectivity index (χ0v) is 6.22. The van der Waals surface area contributed by atoms with Gasteiger partial charge in [-0.15, -0.1) is 0 Å². The molecule has 1 aromatic heterocycles. The van der Waals surface area contributed by atoms with Crippen LogP contribution in [-0.2, 0) is 6.05 Å². The van der Waals surface area contributed by atoms with E-state index in [1.165, 1.54) is 0 Å². The van der Waals surface area contributed by atoms with Crippen LogP contribution in [0, 0.1) is 0 Å². The third kappa shape index (κ3) is 1.50. The van der Waals surface area contributed by atoms with E-state index in [-0.39, 0.29) is 4.68 Å². The minimum atomic E-state index is -4.74. The van der Waals surface area contributed by atoms with Crippen molar-refractivity contribution in [2.45, 2.75) is 12.0 Å². The van der Waals surface area contributed by atoms with Gasteiger partial charge in [-0.3, -0.25) is 0 Å². The smallest absolute Gasteiger partial charge is 0.244 e. The van der Waals surface area contributed by atoms with Gasteiger partial charge in [0, 0.05) is 12.4 Å². The summed E-state index contributed by atoms with van der Waals surface area (Å²) in [6.07, 6.45) is 1.55. The average molecular weight is 200 g/mol. The molecule has 0 unspecified atom stereocenters. The van der Waals surface area contributed by atoms with Gasteiger partial charge in [-0.1, -0.05) is 0 Å². The molecule has 74 valence electrons. The van der Waals surface area contributed by atoms with E-state index in [0.29, 0.717) is 6.20 Å². The summed E-state index contributed by atoms with van der Waals surface area (Å²) in [5, 5.41) is 2.92. The molecule has 0 radical (unpaired) electrons. The van der Waals surface area contributed by atoms with E-state index in [4.69, 9.17) is 0 Å². The standard InChI is InChI=1S/C6H5F5N2/c7-4-5(8,9)6(10,11)13-3-1-2-12-13/h1-3H,4H2. The molecule has 0 saturated heterocycles. The lowest BCUT2D eigenvalue weighted by Crippen LogP contribution is -2.44. The zero-order valence-electron chi connectivity index (χ0n) is 6.22. The summed E-state index contributed by atoms with van der Waals surface area (Å²) in [7, 11) is 0. The quantitative estimate of drug-likeness (QED) is 0.682. The third-order valence-corrected chi connectivity index (χ3v) is 1.40. The van der Waals surface area contributed by atoms with Gasteiger partial charge in [0.25, 0.3) is 0 Å². The molecule has 1 heterocycles. The molecule has 13 heavy (non-hydrogen) atoms. The second-order valence-corrected chi connectivity index (χ2v) is 2.33. The molecule has 0 atom stereocenters. The van der Waals surface area contributed by atoms with E-state index in [1.54, 1.807) is 0 Å². The lowest BCUT2D eigenvalue weighted by Gasteiger charge is -2.23.